The highest BCUT2D eigenvalue weighted by Crippen LogP contribution is 2.24. The highest BCUT2D eigenvalue weighted by molar-refractivity contribution is 5.34. The quantitative estimate of drug-likeness (QED) is 0.805. The Morgan fingerprint density at radius 3 is 2.65 bits per heavy atom. The fraction of sp³-hybridized carbons (Fsp3) is 0.667. The monoisotopic (exact) mass is 275 g/mol. The molecule has 1 N–H and O–H groups in total. The van der Waals surface area contributed by atoms with Crippen LogP contribution in [0.3, 0.4) is 0 Å². The van der Waals surface area contributed by atoms with Crippen LogP contribution >= 0.6 is 0 Å². The second-order valence-electron chi connectivity index (χ2n) is 6.10. The van der Waals surface area contributed by atoms with Crippen LogP contribution in [0, 0.1) is 13.8 Å². The predicted molar refractivity (Wildman–Crippen MR) is 85.5 cm³/mol. The first kappa shape index (κ1) is 15.4. The van der Waals surface area contributed by atoms with Crippen molar-refractivity contribution < 1.29 is 4.74 Å². The van der Waals surface area contributed by atoms with E-state index < -0.39 is 0 Å². The second-order valence-corrected chi connectivity index (χ2v) is 6.10. The summed E-state index contributed by atoms with van der Waals surface area (Å²) in [6.45, 7) is 7.62. The van der Waals surface area contributed by atoms with Crippen LogP contribution in [0.5, 0.6) is 5.75 Å². The van der Waals surface area contributed by atoms with Gasteiger partial charge in [0.15, 0.2) is 0 Å². The molecule has 1 aliphatic rings. The molecule has 20 heavy (non-hydrogen) atoms. The molecule has 0 radical (unpaired) electrons. The second kappa shape index (κ2) is 7.68. The molecule has 2 nitrogen and oxygen atoms in total. The van der Waals surface area contributed by atoms with Gasteiger partial charge in [0.05, 0.1) is 0 Å². The van der Waals surface area contributed by atoms with Crippen LogP contribution < -0.4 is 10.1 Å². The molecule has 0 saturated heterocycles. The van der Waals surface area contributed by atoms with E-state index in [9.17, 15) is 0 Å². The van der Waals surface area contributed by atoms with Gasteiger partial charge in [-0.25, -0.2) is 0 Å². The van der Waals surface area contributed by atoms with Gasteiger partial charge >= 0.3 is 0 Å². The van der Waals surface area contributed by atoms with Crippen molar-refractivity contribution >= 4 is 0 Å². The van der Waals surface area contributed by atoms with Crippen LogP contribution in [-0.2, 0) is 0 Å². The Labute approximate surface area is 123 Å². The smallest absolute Gasteiger partial charge is 0.120 e. The number of hydrogen-bond donors (Lipinski definition) is 1. The lowest BCUT2D eigenvalue weighted by Gasteiger charge is -2.27. The lowest BCUT2D eigenvalue weighted by molar-refractivity contribution is 0.144. The SMILES string of the molecule is CCCNC1CCCCCC1Oc1ccc(C)c(C)c1. The Kier molecular flexibility index (Phi) is 5.90. The Bertz CT molecular complexity index is 416. The molecule has 1 saturated carbocycles. The highest BCUT2D eigenvalue weighted by Gasteiger charge is 2.24. The molecule has 0 bridgehead atoms. The largest absolute Gasteiger partial charge is 0.489 e. The van der Waals surface area contributed by atoms with Crippen molar-refractivity contribution in [3.8, 4) is 5.75 Å². The van der Waals surface area contributed by atoms with E-state index in [-0.39, 0.29) is 0 Å². The number of rotatable bonds is 5. The molecule has 2 unspecified atom stereocenters. The van der Waals surface area contributed by atoms with Crippen LogP contribution in [0.4, 0.5) is 0 Å². The molecule has 1 aromatic carbocycles. The first-order valence-corrected chi connectivity index (χ1v) is 8.18. The molecule has 1 aromatic rings. The normalized spacial score (nSPS) is 23.4. The predicted octanol–water partition coefficient (Wildman–Crippen LogP) is 4.38. The van der Waals surface area contributed by atoms with Crippen LogP contribution in [0.15, 0.2) is 18.2 Å². The third kappa shape index (κ3) is 4.24. The summed E-state index contributed by atoms with van der Waals surface area (Å²) in [6.07, 6.45) is 7.90. The standard InChI is InChI=1S/C18H29NO/c1-4-12-19-17-8-6-5-7-9-18(17)20-16-11-10-14(2)15(3)13-16/h10-11,13,17-19H,4-9,12H2,1-3H3. The number of hydrogen-bond acceptors (Lipinski definition) is 2. The molecule has 0 heterocycles. The maximum Gasteiger partial charge on any atom is 0.120 e. The van der Waals surface area contributed by atoms with Gasteiger partial charge in [0, 0.05) is 6.04 Å². The molecule has 0 spiro atoms. The van der Waals surface area contributed by atoms with Crippen molar-refractivity contribution in [2.45, 2.75) is 71.4 Å². The van der Waals surface area contributed by atoms with Gasteiger partial charge in [0.2, 0.25) is 0 Å². The zero-order chi connectivity index (χ0) is 14.4. The number of aryl methyl sites for hydroxylation is 2. The average Bonchev–Trinajstić information content (AvgIpc) is 2.66. The zero-order valence-electron chi connectivity index (χ0n) is 13.2. The van der Waals surface area contributed by atoms with Gasteiger partial charge in [-0.3, -0.25) is 0 Å². The minimum absolute atomic E-state index is 0.325. The molecular weight excluding hydrogens is 246 g/mol. The fourth-order valence-corrected chi connectivity index (χ4v) is 2.94. The molecule has 2 rings (SSSR count). The maximum absolute atomic E-state index is 6.32. The van der Waals surface area contributed by atoms with Crippen molar-refractivity contribution in [3.05, 3.63) is 29.3 Å². The summed E-state index contributed by atoms with van der Waals surface area (Å²) in [5.41, 5.74) is 2.65. The molecule has 2 heteroatoms. The molecule has 112 valence electrons. The van der Waals surface area contributed by atoms with Gasteiger partial charge in [-0.1, -0.05) is 25.8 Å². The summed E-state index contributed by atoms with van der Waals surface area (Å²) in [4.78, 5) is 0. The van der Waals surface area contributed by atoms with Gasteiger partial charge in [-0.05, 0) is 69.3 Å². The van der Waals surface area contributed by atoms with Crippen LogP contribution in [0.25, 0.3) is 0 Å². The average molecular weight is 275 g/mol. The molecule has 0 aliphatic heterocycles. The summed E-state index contributed by atoms with van der Waals surface area (Å²) in [5, 5.41) is 3.68. The first-order valence-electron chi connectivity index (χ1n) is 8.18. The minimum atomic E-state index is 0.325. The summed E-state index contributed by atoms with van der Waals surface area (Å²) >= 11 is 0. The van der Waals surface area contributed by atoms with Crippen molar-refractivity contribution in [1.29, 1.82) is 0 Å². The van der Waals surface area contributed by atoms with E-state index in [0.29, 0.717) is 12.1 Å². The summed E-state index contributed by atoms with van der Waals surface area (Å²) < 4.78 is 6.32. The van der Waals surface area contributed by atoms with Crippen LogP contribution in [-0.4, -0.2) is 18.7 Å². The number of benzene rings is 1. The van der Waals surface area contributed by atoms with Crippen molar-refractivity contribution in [2.75, 3.05) is 6.54 Å². The molecule has 2 atom stereocenters. The van der Waals surface area contributed by atoms with E-state index in [1.54, 1.807) is 0 Å². The lowest BCUT2D eigenvalue weighted by Crippen LogP contribution is -2.42. The summed E-state index contributed by atoms with van der Waals surface area (Å²) in [5.74, 6) is 1.03. The number of nitrogens with one attached hydrogen (secondary N) is 1. The lowest BCUT2D eigenvalue weighted by atomic mass is 10.1. The van der Waals surface area contributed by atoms with Crippen molar-refractivity contribution in [2.24, 2.45) is 0 Å². The van der Waals surface area contributed by atoms with Gasteiger partial charge in [0.25, 0.3) is 0 Å². The zero-order valence-corrected chi connectivity index (χ0v) is 13.2. The van der Waals surface area contributed by atoms with E-state index in [0.717, 1.165) is 12.3 Å². The summed E-state index contributed by atoms with van der Waals surface area (Å²) in [7, 11) is 0. The third-order valence-electron chi connectivity index (χ3n) is 4.37. The first-order chi connectivity index (χ1) is 9.70. The van der Waals surface area contributed by atoms with E-state index >= 15 is 0 Å². The Morgan fingerprint density at radius 2 is 1.90 bits per heavy atom. The molecule has 1 aliphatic carbocycles. The van der Waals surface area contributed by atoms with E-state index in [1.807, 2.05) is 0 Å². The van der Waals surface area contributed by atoms with E-state index in [2.05, 4.69) is 44.3 Å². The van der Waals surface area contributed by atoms with Gasteiger partial charge in [-0.2, -0.15) is 0 Å². The van der Waals surface area contributed by atoms with Crippen LogP contribution in [0.2, 0.25) is 0 Å². The van der Waals surface area contributed by atoms with Gasteiger partial charge in [-0.15, -0.1) is 0 Å². The van der Waals surface area contributed by atoms with Crippen molar-refractivity contribution in [3.63, 3.8) is 0 Å². The molecule has 1 fully saturated rings. The van der Waals surface area contributed by atoms with Crippen LogP contribution in [0.1, 0.15) is 56.6 Å². The highest BCUT2D eigenvalue weighted by atomic mass is 16.5. The van der Waals surface area contributed by atoms with E-state index in [4.69, 9.17) is 4.74 Å². The minimum Gasteiger partial charge on any atom is -0.489 e. The summed E-state index contributed by atoms with van der Waals surface area (Å²) in [6, 6.07) is 6.97. The Morgan fingerprint density at radius 1 is 1.10 bits per heavy atom. The topological polar surface area (TPSA) is 21.3 Å². The third-order valence-corrected chi connectivity index (χ3v) is 4.37. The maximum atomic E-state index is 6.32. The molecule has 0 aromatic heterocycles. The van der Waals surface area contributed by atoms with Gasteiger partial charge < -0.3 is 10.1 Å². The van der Waals surface area contributed by atoms with E-state index in [1.165, 1.54) is 49.7 Å². The number of ether oxygens (including phenoxy) is 1. The molecule has 0 amide bonds. The fourth-order valence-electron chi connectivity index (χ4n) is 2.94. The molecular formula is C18H29NO. The Hall–Kier alpha value is -1.02. The Balaban J connectivity index is 2.03. The van der Waals surface area contributed by atoms with Crippen molar-refractivity contribution in [1.82, 2.24) is 5.32 Å². The van der Waals surface area contributed by atoms with Gasteiger partial charge in [0.1, 0.15) is 11.9 Å².